The van der Waals surface area contributed by atoms with E-state index in [1.165, 1.54) is 18.9 Å². The predicted molar refractivity (Wildman–Crippen MR) is 68.4 cm³/mol. The van der Waals surface area contributed by atoms with Gasteiger partial charge in [0.15, 0.2) is 10.6 Å². The molecule has 0 amide bonds. The number of halogens is 2. The highest BCUT2D eigenvalue weighted by molar-refractivity contribution is 9.10. The molecule has 3 rings (SSSR count). The SMILES string of the molecule is Fc1cccc2c1nc(Br)n2CC1CCCN1. The van der Waals surface area contributed by atoms with Crippen molar-refractivity contribution in [2.24, 2.45) is 0 Å². The molecule has 1 aliphatic rings. The first kappa shape index (κ1) is 11.2. The molecule has 1 aromatic carbocycles. The summed E-state index contributed by atoms with van der Waals surface area (Å²) in [4.78, 5) is 4.23. The van der Waals surface area contributed by atoms with Gasteiger partial charge in [-0.05, 0) is 47.4 Å². The van der Waals surface area contributed by atoms with E-state index < -0.39 is 0 Å². The first-order valence-electron chi connectivity index (χ1n) is 5.79. The maximum absolute atomic E-state index is 13.6. The largest absolute Gasteiger partial charge is 0.317 e. The minimum Gasteiger partial charge on any atom is -0.317 e. The number of nitrogens with zero attached hydrogens (tertiary/aromatic N) is 2. The molecule has 1 unspecified atom stereocenters. The van der Waals surface area contributed by atoms with E-state index in [0.717, 1.165) is 18.6 Å². The van der Waals surface area contributed by atoms with Crippen molar-refractivity contribution in [1.29, 1.82) is 0 Å². The number of rotatable bonds is 2. The van der Waals surface area contributed by atoms with Gasteiger partial charge in [0, 0.05) is 12.6 Å². The van der Waals surface area contributed by atoms with Crippen molar-refractivity contribution in [2.75, 3.05) is 6.54 Å². The fourth-order valence-corrected chi connectivity index (χ4v) is 2.90. The zero-order valence-corrected chi connectivity index (χ0v) is 10.9. The van der Waals surface area contributed by atoms with Gasteiger partial charge in [-0.2, -0.15) is 0 Å². The monoisotopic (exact) mass is 297 g/mol. The summed E-state index contributed by atoms with van der Waals surface area (Å²) < 4.78 is 16.3. The topological polar surface area (TPSA) is 29.9 Å². The molecule has 90 valence electrons. The fourth-order valence-electron chi connectivity index (χ4n) is 2.39. The van der Waals surface area contributed by atoms with Gasteiger partial charge in [0.1, 0.15) is 5.52 Å². The van der Waals surface area contributed by atoms with Crippen LogP contribution in [0.2, 0.25) is 0 Å². The molecule has 1 fully saturated rings. The lowest BCUT2D eigenvalue weighted by atomic mass is 10.2. The first-order chi connectivity index (χ1) is 8.25. The van der Waals surface area contributed by atoms with Crippen molar-refractivity contribution in [3.8, 4) is 0 Å². The number of hydrogen-bond acceptors (Lipinski definition) is 2. The summed E-state index contributed by atoms with van der Waals surface area (Å²) in [5, 5.41) is 3.44. The van der Waals surface area contributed by atoms with Crippen molar-refractivity contribution in [3.63, 3.8) is 0 Å². The minimum absolute atomic E-state index is 0.263. The molecule has 1 aliphatic heterocycles. The average Bonchev–Trinajstić information content (AvgIpc) is 2.91. The van der Waals surface area contributed by atoms with Gasteiger partial charge >= 0.3 is 0 Å². The summed E-state index contributed by atoms with van der Waals surface area (Å²) in [5.74, 6) is -0.263. The zero-order valence-electron chi connectivity index (χ0n) is 9.29. The van der Waals surface area contributed by atoms with Crippen LogP contribution >= 0.6 is 15.9 Å². The van der Waals surface area contributed by atoms with Crippen LogP contribution in [0.1, 0.15) is 12.8 Å². The van der Waals surface area contributed by atoms with Gasteiger partial charge in [0.2, 0.25) is 0 Å². The van der Waals surface area contributed by atoms with E-state index in [-0.39, 0.29) is 5.82 Å². The highest BCUT2D eigenvalue weighted by Gasteiger charge is 2.18. The van der Waals surface area contributed by atoms with Gasteiger partial charge in [-0.15, -0.1) is 0 Å². The maximum Gasteiger partial charge on any atom is 0.178 e. The highest BCUT2D eigenvalue weighted by Crippen LogP contribution is 2.23. The van der Waals surface area contributed by atoms with Crippen LogP contribution in [0.5, 0.6) is 0 Å². The molecule has 1 atom stereocenters. The highest BCUT2D eigenvalue weighted by atomic mass is 79.9. The van der Waals surface area contributed by atoms with E-state index in [1.807, 2.05) is 10.6 Å². The molecule has 2 heterocycles. The normalized spacial score (nSPS) is 20.2. The van der Waals surface area contributed by atoms with Gasteiger partial charge in [0.25, 0.3) is 0 Å². The number of hydrogen-bond donors (Lipinski definition) is 1. The summed E-state index contributed by atoms with van der Waals surface area (Å²) in [6.45, 7) is 1.91. The molecule has 0 aliphatic carbocycles. The summed E-state index contributed by atoms with van der Waals surface area (Å²) in [6.07, 6.45) is 2.38. The Morgan fingerprint density at radius 3 is 3.18 bits per heavy atom. The lowest BCUT2D eigenvalue weighted by Crippen LogP contribution is -2.26. The van der Waals surface area contributed by atoms with E-state index in [0.29, 0.717) is 16.3 Å². The van der Waals surface area contributed by atoms with Crippen molar-refractivity contribution in [3.05, 3.63) is 28.7 Å². The molecule has 0 bridgehead atoms. The Labute approximate surface area is 107 Å². The third kappa shape index (κ3) is 1.98. The zero-order chi connectivity index (χ0) is 11.8. The van der Waals surface area contributed by atoms with Gasteiger partial charge in [0.05, 0.1) is 5.52 Å². The number of fused-ring (bicyclic) bond motifs is 1. The Bertz CT molecular complexity index is 546. The van der Waals surface area contributed by atoms with Crippen LogP contribution in [0.3, 0.4) is 0 Å². The molecule has 1 aromatic heterocycles. The number of benzene rings is 1. The van der Waals surface area contributed by atoms with E-state index in [4.69, 9.17) is 0 Å². The molecule has 5 heteroatoms. The lowest BCUT2D eigenvalue weighted by Gasteiger charge is -2.12. The molecule has 2 aromatic rings. The van der Waals surface area contributed by atoms with Crippen molar-refractivity contribution in [2.45, 2.75) is 25.4 Å². The van der Waals surface area contributed by atoms with Gasteiger partial charge in [-0.25, -0.2) is 9.37 Å². The Balaban J connectivity index is 2.02. The van der Waals surface area contributed by atoms with Crippen molar-refractivity contribution < 1.29 is 4.39 Å². The van der Waals surface area contributed by atoms with E-state index >= 15 is 0 Å². The van der Waals surface area contributed by atoms with Crippen molar-refractivity contribution >= 4 is 27.0 Å². The Kier molecular flexibility index (Phi) is 2.88. The Morgan fingerprint density at radius 2 is 2.41 bits per heavy atom. The number of nitrogens with one attached hydrogen (secondary N) is 1. The van der Waals surface area contributed by atoms with Crippen LogP contribution < -0.4 is 5.32 Å². The third-order valence-corrected chi connectivity index (χ3v) is 3.85. The van der Waals surface area contributed by atoms with E-state index in [2.05, 4.69) is 26.2 Å². The molecular weight excluding hydrogens is 285 g/mol. The van der Waals surface area contributed by atoms with Crippen molar-refractivity contribution in [1.82, 2.24) is 14.9 Å². The molecular formula is C12H13BrFN3. The van der Waals surface area contributed by atoms with Crippen LogP contribution in [0.25, 0.3) is 11.0 Å². The van der Waals surface area contributed by atoms with Crippen LogP contribution in [0.4, 0.5) is 4.39 Å². The van der Waals surface area contributed by atoms with Crippen LogP contribution in [-0.2, 0) is 6.54 Å². The first-order valence-corrected chi connectivity index (χ1v) is 6.58. The summed E-state index contributed by atoms with van der Waals surface area (Å²) in [6, 6.07) is 5.54. The Hall–Kier alpha value is -0.940. The van der Waals surface area contributed by atoms with Crippen LogP contribution in [0.15, 0.2) is 22.9 Å². The molecule has 1 N–H and O–H groups in total. The van der Waals surface area contributed by atoms with Gasteiger partial charge in [-0.3, -0.25) is 0 Å². The second-order valence-electron chi connectivity index (χ2n) is 4.39. The molecule has 0 spiro atoms. The number of aromatic nitrogens is 2. The van der Waals surface area contributed by atoms with E-state index in [1.54, 1.807) is 6.07 Å². The average molecular weight is 298 g/mol. The molecule has 0 radical (unpaired) electrons. The quantitative estimate of drug-likeness (QED) is 0.924. The van der Waals surface area contributed by atoms with Crippen LogP contribution in [0, 0.1) is 5.82 Å². The maximum atomic E-state index is 13.6. The summed E-state index contributed by atoms with van der Waals surface area (Å²) in [5.41, 5.74) is 1.29. The molecule has 17 heavy (non-hydrogen) atoms. The van der Waals surface area contributed by atoms with Gasteiger partial charge < -0.3 is 9.88 Å². The number of para-hydroxylation sites is 1. The van der Waals surface area contributed by atoms with E-state index in [9.17, 15) is 4.39 Å². The predicted octanol–water partition coefficient (Wildman–Crippen LogP) is 2.69. The lowest BCUT2D eigenvalue weighted by molar-refractivity contribution is 0.511. The molecule has 0 saturated carbocycles. The standard InChI is InChI=1S/C12H13BrFN3/c13-12-16-11-9(14)4-1-5-10(11)17(12)7-8-3-2-6-15-8/h1,4-5,8,15H,2-3,6-7H2. The fraction of sp³-hybridized carbons (Fsp3) is 0.417. The summed E-state index contributed by atoms with van der Waals surface area (Å²) in [7, 11) is 0. The van der Waals surface area contributed by atoms with Crippen LogP contribution in [-0.4, -0.2) is 22.1 Å². The van der Waals surface area contributed by atoms with Gasteiger partial charge in [-0.1, -0.05) is 6.07 Å². The minimum atomic E-state index is -0.263. The summed E-state index contributed by atoms with van der Waals surface area (Å²) >= 11 is 3.41. The number of imidazole rings is 1. The third-order valence-electron chi connectivity index (χ3n) is 3.25. The second-order valence-corrected chi connectivity index (χ2v) is 5.10. The second kappa shape index (κ2) is 4.38. The Morgan fingerprint density at radius 1 is 1.53 bits per heavy atom. The smallest absolute Gasteiger partial charge is 0.178 e. The molecule has 3 nitrogen and oxygen atoms in total. The molecule has 1 saturated heterocycles.